The summed E-state index contributed by atoms with van der Waals surface area (Å²) in [6.45, 7) is 4.94. The molecular formula is C26H35N3O3. The first-order chi connectivity index (χ1) is 15.8. The van der Waals surface area contributed by atoms with Crippen LogP contribution in [0.3, 0.4) is 0 Å². The highest BCUT2D eigenvalue weighted by Crippen LogP contribution is 2.19. The summed E-state index contributed by atoms with van der Waals surface area (Å²) in [7, 11) is 1.85. The van der Waals surface area contributed by atoms with Crippen LogP contribution in [0.4, 0.5) is 0 Å². The highest BCUT2D eigenvalue weighted by molar-refractivity contribution is 5.80. The Morgan fingerprint density at radius 2 is 1.62 bits per heavy atom. The minimum atomic E-state index is 0.266. The molecule has 0 aliphatic carbocycles. The maximum atomic E-state index is 6.11. The van der Waals surface area contributed by atoms with E-state index in [0.29, 0.717) is 12.7 Å². The van der Waals surface area contributed by atoms with Crippen molar-refractivity contribution in [3.05, 3.63) is 65.7 Å². The van der Waals surface area contributed by atoms with Crippen LogP contribution in [0.1, 0.15) is 36.8 Å². The van der Waals surface area contributed by atoms with E-state index in [1.165, 1.54) is 11.1 Å². The molecule has 32 heavy (non-hydrogen) atoms. The average molecular weight is 438 g/mol. The van der Waals surface area contributed by atoms with Crippen LogP contribution >= 0.6 is 0 Å². The number of aliphatic imine (C=N–C) groups is 1. The number of benzene rings is 2. The van der Waals surface area contributed by atoms with Crippen LogP contribution in [-0.4, -0.2) is 56.4 Å². The largest absolute Gasteiger partial charge is 0.490 e. The van der Waals surface area contributed by atoms with Gasteiger partial charge < -0.3 is 24.4 Å². The summed E-state index contributed by atoms with van der Waals surface area (Å²) in [5, 5.41) is 3.51. The second kappa shape index (κ2) is 11.9. The molecule has 6 heteroatoms. The van der Waals surface area contributed by atoms with Crippen molar-refractivity contribution in [2.45, 2.75) is 51.0 Å². The number of hydrogen-bond acceptors (Lipinski definition) is 4. The van der Waals surface area contributed by atoms with Crippen LogP contribution in [-0.2, 0) is 22.6 Å². The minimum Gasteiger partial charge on any atom is -0.490 e. The van der Waals surface area contributed by atoms with Gasteiger partial charge in [0, 0.05) is 52.7 Å². The molecular weight excluding hydrogens is 402 g/mol. The lowest BCUT2D eigenvalue weighted by Gasteiger charge is -2.34. The Kier molecular flexibility index (Phi) is 8.40. The molecule has 2 heterocycles. The number of likely N-dealkylation sites (tertiary alicyclic amines) is 1. The Morgan fingerprint density at radius 3 is 2.31 bits per heavy atom. The third kappa shape index (κ3) is 6.71. The van der Waals surface area contributed by atoms with Crippen molar-refractivity contribution in [3.63, 3.8) is 0 Å². The van der Waals surface area contributed by atoms with E-state index in [1.807, 2.05) is 37.4 Å². The molecule has 2 fully saturated rings. The Labute approximate surface area is 191 Å². The first-order valence-electron chi connectivity index (χ1n) is 11.7. The molecule has 4 rings (SSSR count). The van der Waals surface area contributed by atoms with Gasteiger partial charge in [-0.15, -0.1) is 0 Å². The number of nitrogens with zero attached hydrogens (tertiary/aromatic N) is 2. The number of piperidine rings is 1. The number of ether oxygens (including phenoxy) is 3. The van der Waals surface area contributed by atoms with Crippen LogP contribution in [0.5, 0.6) is 5.75 Å². The van der Waals surface area contributed by atoms with Gasteiger partial charge in [-0.2, -0.15) is 0 Å². The van der Waals surface area contributed by atoms with E-state index < -0.39 is 0 Å². The SMILES string of the molecule is CN=C(NCc1ccc(COC2CCOCC2)cc1)N1CCC(Oc2ccccc2)CC1. The molecule has 2 aliphatic rings. The molecule has 0 bridgehead atoms. The van der Waals surface area contributed by atoms with Crippen LogP contribution in [0.25, 0.3) is 0 Å². The molecule has 0 unspecified atom stereocenters. The molecule has 2 aromatic rings. The van der Waals surface area contributed by atoms with Gasteiger partial charge in [0.1, 0.15) is 11.9 Å². The van der Waals surface area contributed by atoms with Crippen molar-refractivity contribution in [3.8, 4) is 5.75 Å². The molecule has 2 saturated heterocycles. The molecule has 6 nitrogen and oxygen atoms in total. The zero-order chi connectivity index (χ0) is 22.0. The van der Waals surface area contributed by atoms with E-state index in [2.05, 4.69) is 39.5 Å². The Bertz CT molecular complexity index is 827. The summed E-state index contributed by atoms with van der Waals surface area (Å²) in [6, 6.07) is 18.7. The van der Waals surface area contributed by atoms with Crippen molar-refractivity contribution < 1.29 is 14.2 Å². The highest BCUT2D eigenvalue weighted by atomic mass is 16.5. The molecule has 0 atom stereocenters. The lowest BCUT2D eigenvalue weighted by molar-refractivity contribution is -0.0390. The van der Waals surface area contributed by atoms with Gasteiger partial charge in [-0.3, -0.25) is 4.99 Å². The van der Waals surface area contributed by atoms with E-state index >= 15 is 0 Å². The Hall–Kier alpha value is -2.57. The van der Waals surface area contributed by atoms with Crippen molar-refractivity contribution in [1.82, 2.24) is 10.2 Å². The first-order valence-corrected chi connectivity index (χ1v) is 11.7. The minimum absolute atomic E-state index is 0.266. The van der Waals surface area contributed by atoms with Crippen LogP contribution in [0, 0.1) is 0 Å². The summed E-state index contributed by atoms with van der Waals surface area (Å²) in [6.07, 6.45) is 4.58. The second-order valence-electron chi connectivity index (χ2n) is 8.46. The molecule has 2 aliphatic heterocycles. The Morgan fingerprint density at radius 1 is 0.938 bits per heavy atom. The smallest absolute Gasteiger partial charge is 0.193 e. The van der Waals surface area contributed by atoms with E-state index in [0.717, 1.165) is 70.2 Å². The number of hydrogen-bond donors (Lipinski definition) is 1. The fraction of sp³-hybridized carbons (Fsp3) is 0.500. The number of rotatable bonds is 7. The van der Waals surface area contributed by atoms with E-state index in [9.17, 15) is 0 Å². The van der Waals surface area contributed by atoms with Gasteiger partial charge in [0.15, 0.2) is 5.96 Å². The fourth-order valence-corrected chi connectivity index (χ4v) is 4.20. The predicted octanol–water partition coefficient (Wildman–Crippen LogP) is 4.00. The molecule has 1 N–H and O–H groups in total. The molecule has 0 saturated carbocycles. The Balaban J connectivity index is 1.19. The summed E-state index contributed by atoms with van der Waals surface area (Å²) in [5.74, 6) is 1.91. The standard InChI is InChI=1S/C26H35N3O3/c1-27-26(29-15-11-25(12-16-29)32-24-5-3-2-4-6-24)28-19-21-7-9-22(10-8-21)20-31-23-13-17-30-18-14-23/h2-10,23,25H,11-20H2,1H3,(H,27,28). The van der Waals surface area contributed by atoms with Gasteiger partial charge in [-0.25, -0.2) is 0 Å². The molecule has 0 spiro atoms. The molecule has 172 valence electrons. The van der Waals surface area contributed by atoms with Crippen molar-refractivity contribution in [1.29, 1.82) is 0 Å². The second-order valence-corrected chi connectivity index (χ2v) is 8.46. The normalized spacial score (nSPS) is 18.5. The third-order valence-electron chi connectivity index (χ3n) is 6.13. The summed E-state index contributed by atoms with van der Waals surface area (Å²) < 4.78 is 17.5. The van der Waals surface area contributed by atoms with Gasteiger partial charge in [-0.1, -0.05) is 42.5 Å². The van der Waals surface area contributed by atoms with Crippen LogP contribution < -0.4 is 10.1 Å². The monoisotopic (exact) mass is 437 g/mol. The topological polar surface area (TPSA) is 55.3 Å². The molecule has 2 aromatic carbocycles. The van der Waals surface area contributed by atoms with Gasteiger partial charge in [0.05, 0.1) is 12.7 Å². The molecule has 0 radical (unpaired) electrons. The van der Waals surface area contributed by atoms with Crippen molar-refractivity contribution >= 4 is 5.96 Å². The zero-order valence-corrected chi connectivity index (χ0v) is 19.0. The van der Waals surface area contributed by atoms with Crippen LogP contribution in [0.2, 0.25) is 0 Å². The number of nitrogens with one attached hydrogen (secondary N) is 1. The van der Waals surface area contributed by atoms with Crippen molar-refractivity contribution in [2.75, 3.05) is 33.4 Å². The van der Waals surface area contributed by atoms with E-state index in [4.69, 9.17) is 14.2 Å². The zero-order valence-electron chi connectivity index (χ0n) is 19.0. The number of guanidine groups is 1. The number of para-hydroxylation sites is 1. The van der Waals surface area contributed by atoms with Crippen LogP contribution in [0.15, 0.2) is 59.6 Å². The average Bonchev–Trinajstić information content (AvgIpc) is 2.86. The summed E-state index contributed by atoms with van der Waals surface area (Å²) in [5.41, 5.74) is 2.45. The summed E-state index contributed by atoms with van der Waals surface area (Å²) in [4.78, 5) is 6.82. The first kappa shape index (κ1) is 22.6. The van der Waals surface area contributed by atoms with Gasteiger partial charge in [0.25, 0.3) is 0 Å². The lowest BCUT2D eigenvalue weighted by Crippen LogP contribution is -2.47. The quantitative estimate of drug-likeness (QED) is 0.524. The van der Waals surface area contributed by atoms with Crippen molar-refractivity contribution in [2.24, 2.45) is 4.99 Å². The molecule has 0 aromatic heterocycles. The maximum Gasteiger partial charge on any atom is 0.193 e. The predicted molar refractivity (Wildman–Crippen MR) is 127 cm³/mol. The highest BCUT2D eigenvalue weighted by Gasteiger charge is 2.22. The van der Waals surface area contributed by atoms with Gasteiger partial charge >= 0.3 is 0 Å². The van der Waals surface area contributed by atoms with Gasteiger partial charge in [0.2, 0.25) is 0 Å². The van der Waals surface area contributed by atoms with E-state index in [1.54, 1.807) is 0 Å². The lowest BCUT2D eigenvalue weighted by atomic mass is 10.1. The summed E-state index contributed by atoms with van der Waals surface area (Å²) >= 11 is 0. The van der Waals surface area contributed by atoms with E-state index in [-0.39, 0.29) is 6.10 Å². The van der Waals surface area contributed by atoms with Gasteiger partial charge in [-0.05, 0) is 36.1 Å². The maximum absolute atomic E-state index is 6.11. The third-order valence-corrected chi connectivity index (χ3v) is 6.13. The molecule has 0 amide bonds. The fourth-order valence-electron chi connectivity index (χ4n) is 4.20.